The van der Waals surface area contributed by atoms with E-state index in [1.165, 1.54) is 0 Å². The van der Waals surface area contributed by atoms with E-state index in [4.69, 9.17) is 16.3 Å². The minimum absolute atomic E-state index is 0.0138. The highest BCUT2D eigenvalue weighted by Gasteiger charge is 2.48. The first kappa shape index (κ1) is 13.2. The lowest BCUT2D eigenvalue weighted by Gasteiger charge is -2.23. The fourth-order valence-corrected chi connectivity index (χ4v) is 2.11. The van der Waals surface area contributed by atoms with Crippen molar-refractivity contribution in [2.75, 3.05) is 6.61 Å². The van der Waals surface area contributed by atoms with Crippen LogP contribution in [0.3, 0.4) is 0 Å². The summed E-state index contributed by atoms with van der Waals surface area (Å²) in [6, 6.07) is 0. The fraction of sp³-hybridized carbons (Fsp3) is 0.667. The van der Waals surface area contributed by atoms with Gasteiger partial charge in [0.15, 0.2) is 5.78 Å². The predicted molar refractivity (Wildman–Crippen MR) is 62.2 cm³/mol. The van der Waals surface area contributed by atoms with E-state index in [9.17, 15) is 9.59 Å². The van der Waals surface area contributed by atoms with Crippen LogP contribution in [0.1, 0.15) is 39.5 Å². The molecule has 1 aliphatic carbocycles. The van der Waals surface area contributed by atoms with E-state index in [-0.39, 0.29) is 5.78 Å². The van der Waals surface area contributed by atoms with E-state index in [0.717, 1.165) is 6.42 Å². The van der Waals surface area contributed by atoms with Crippen molar-refractivity contribution in [1.29, 1.82) is 0 Å². The zero-order valence-corrected chi connectivity index (χ0v) is 10.5. The Morgan fingerprint density at radius 3 is 2.75 bits per heavy atom. The van der Waals surface area contributed by atoms with Gasteiger partial charge in [-0.15, -0.1) is 0 Å². The second kappa shape index (κ2) is 5.48. The molecule has 3 nitrogen and oxygen atoms in total. The normalized spacial score (nSPS) is 25.9. The Balaban J connectivity index is 2.89. The van der Waals surface area contributed by atoms with Gasteiger partial charge in [0.2, 0.25) is 0 Å². The number of carbonyl (C=O) groups excluding carboxylic acids is 2. The molecule has 0 radical (unpaired) electrons. The maximum atomic E-state index is 11.9. The molecule has 16 heavy (non-hydrogen) atoms. The summed E-state index contributed by atoms with van der Waals surface area (Å²) in [5, 5.41) is 0.600. The molecule has 0 saturated heterocycles. The molecule has 0 aliphatic heterocycles. The summed E-state index contributed by atoms with van der Waals surface area (Å²) in [6.45, 7) is 3.78. The highest BCUT2D eigenvalue weighted by atomic mass is 35.5. The average Bonchev–Trinajstić information content (AvgIpc) is 2.58. The molecule has 0 N–H and O–H groups in total. The van der Waals surface area contributed by atoms with Crippen molar-refractivity contribution in [1.82, 2.24) is 0 Å². The summed E-state index contributed by atoms with van der Waals surface area (Å²) in [5.41, 5.74) is -0.966. The van der Waals surface area contributed by atoms with Crippen molar-refractivity contribution in [3.05, 3.63) is 11.1 Å². The number of hydrogen-bond donors (Lipinski definition) is 0. The molecule has 0 aromatic carbocycles. The molecule has 1 rings (SSSR count). The zero-order valence-electron chi connectivity index (χ0n) is 9.72. The third-order valence-corrected chi connectivity index (χ3v) is 3.09. The van der Waals surface area contributed by atoms with E-state index in [1.807, 2.05) is 0 Å². The van der Waals surface area contributed by atoms with Crippen molar-refractivity contribution in [3.63, 3.8) is 0 Å². The van der Waals surface area contributed by atoms with Crippen LogP contribution in [-0.4, -0.2) is 18.4 Å². The van der Waals surface area contributed by atoms with Gasteiger partial charge < -0.3 is 4.74 Å². The molecule has 0 unspecified atom stereocenters. The Morgan fingerprint density at radius 2 is 2.31 bits per heavy atom. The van der Waals surface area contributed by atoms with Gasteiger partial charge in [-0.2, -0.15) is 0 Å². The molecule has 0 aromatic heterocycles. The quantitative estimate of drug-likeness (QED) is 0.564. The van der Waals surface area contributed by atoms with E-state index < -0.39 is 11.4 Å². The molecule has 0 bridgehead atoms. The van der Waals surface area contributed by atoms with Gasteiger partial charge in [0.25, 0.3) is 0 Å². The number of halogens is 1. The highest BCUT2D eigenvalue weighted by molar-refractivity contribution is 6.29. The molecule has 4 heteroatoms. The molecule has 1 fully saturated rings. The molecule has 0 heterocycles. The second-order valence-electron chi connectivity index (χ2n) is 4.07. The standard InChI is InChI=1S/C12H17ClO3/c1-3-16-11(15)12(8-6-9(2)13)7-4-5-10(12)14/h6H,3-5,7-8H2,1-2H3/b9-6-/t12-/m0/s1. The Labute approximate surface area is 101 Å². The van der Waals surface area contributed by atoms with E-state index in [0.29, 0.717) is 30.9 Å². The van der Waals surface area contributed by atoms with Gasteiger partial charge in [-0.1, -0.05) is 17.7 Å². The van der Waals surface area contributed by atoms with Gasteiger partial charge in [0, 0.05) is 11.5 Å². The maximum absolute atomic E-state index is 11.9. The van der Waals surface area contributed by atoms with Crippen LogP contribution >= 0.6 is 11.6 Å². The second-order valence-corrected chi connectivity index (χ2v) is 4.67. The first-order valence-corrected chi connectivity index (χ1v) is 5.93. The summed E-state index contributed by atoms with van der Waals surface area (Å²) in [6.07, 6.45) is 3.88. The van der Waals surface area contributed by atoms with Gasteiger partial charge in [-0.3, -0.25) is 9.59 Å². The number of esters is 1. The van der Waals surface area contributed by atoms with Crippen LogP contribution in [-0.2, 0) is 14.3 Å². The van der Waals surface area contributed by atoms with Gasteiger partial charge in [-0.25, -0.2) is 0 Å². The molecular weight excluding hydrogens is 228 g/mol. The number of carbonyl (C=O) groups is 2. The molecule has 1 atom stereocenters. The van der Waals surface area contributed by atoms with Crippen molar-refractivity contribution in [2.24, 2.45) is 5.41 Å². The lowest BCUT2D eigenvalue weighted by molar-refractivity contribution is -0.158. The average molecular weight is 245 g/mol. The van der Waals surface area contributed by atoms with E-state index in [1.54, 1.807) is 19.9 Å². The molecule has 90 valence electrons. The summed E-state index contributed by atoms with van der Waals surface area (Å²) < 4.78 is 5.00. The molecule has 0 amide bonds. The monoisotopic (exact) mass is 244 g/mol. The minimum atomic E-state index is -0.966. The summed E-state index contributed by atoms with van der Waals surface area (Å²) in [5.74, 6) is -0.410. The van der Waals surface area contributed by atoms with Gasteiger partial charge in [0.1, 0.15) is 5.41 Å². The SMILES string of the molecule is CCOC(=O)[C@]1(C/C=C(/C)Cl)CCCC1=O. The largest absolute Gasteiger partial charge is 0.465 e. The predicted octanol–water partition coefficient (Wildman–Crippen LogP) is 2.82. The third kappa shape index (κ3) is 2.64. The van der Waals surface area contributed by atoms with E-state index >= 15 is 0 Å². The molecule has 1 saturated carbocycles. The molecule has 0 spiro atoms. The zero-order chi connectivity index (χ0) is 12.2. The van der Waals surface area contributed by atoms with Crippen molar-refractivity contribution in [3.8, 4) is 0 Å². The number of rotatable bonds is 4. The van der Waals surface area contributed by atoms with Crippen molar-refractivity contribution >= 4 is 23.4 Å². The first-order chi connectivity index (χ1) is 7.53. The van der Waals surface area contributed by atoms with Gasteiger partial charge in [0.05, 0.1) is 6.61 Å². The Hall–Kier alpha value is -0.830. The highest BCUT2D eigenvalue weighted by Crippen LogP contribution is 2.40. The molecule has 1 aliphatic rings. The van der Waals surface area contributed by atoms with E-state index in [2.05, 4.69) is 0 Å². The van der Waals surface area contributed by atoms with Crippen LogP contribution < -0.4 is 0 Å². The maximum Gasteiger partial charge on any atom is 0.319 e. The van der Waals surface area contributed by atoms with Crippen LogP contribution in [0.4, 0.5) is 0 Å². The van der Waals surface area contributed by atoms with Crippen molar-refractivity contribution < 1.29 is 14.3 Å². The van der Waals surface area contributed by atoms with Crippen molar-refractivity contribution in [2.45, 2.75) is 39.5 Å². The number of ketones is 1. The third-order valence-electron chi connectivity index (χ3n) is 2.94. The summed E-state index contributed by atoms with van der Waals surface area (Å²) in [7, 11) is 0. The topological polar surface area (TPSA) is 43.4 Å². The smallest absolute Gasteiger partial charge is 0.319 e. The van der Waals surface area contributed by atoms with Gasteiger partial charge >= 0.3 is 5.97 Å². The lowest BCUT2D eigenvalue weighted by Crippen LogP contribution is -2.36. The fourth-order valence-electron chi connectivity index (χ4n) is 2.03. The number of ether oxygens (including phenoxy) is 1. The Kier molecular flexibility index (Phi) is 4.54. The van der Waals surface area contributed by atoms with Crippen LogP contribution in [0.15, 0.2) is 11.1 Å². The minimum Gasteiger partial charge on any atom is -0.465 e. The first-order valence-electron chi connectivity index (χ1n) is 5.55. The van der Waals surface area contributed by atoms with Crippen LogP contribution in [0, 0.1) is 5.41 Å². The Bertz CT molecular complexity index is 318. The lowest BCUT2D eigenvalue weighted by atomic mass is 9.81. The number of hydrogen-bond acceptors (Lipinski definition) is 3. The van der Waals surface area contributed by atoms with Crippen LogP contribution in [0.2, 0.25) is 0 Å². The van der Waals surface area contributed by atoms with Crippen LogP contribution in [0.5, 0.6) is 0 Å². The summed E-state index contributed by atoms with van der Waals surface area (Å²) in [4.78, 5) is 23.7. The number of Topliss-reactive ketones (excluding diaryl/α,β-unsaturated/α-hetero) is 1. The van der Waals surface area contributed by atoms with Gasteiger partial charge in [-0.05, 0) is 33.1 Å². The summed E-state index contributed by atoms with van der Waals surface area (Å²) >= 11 is 5.75. The molecule has 0 aromatic rings. The number of allylic oxidation sites excluding steroid dienone is 2. The van der Waals surface area contributed by atoms with Crippen LogP contribution in [0.25, 0.3) is 0 Å². The molecular formula is C12H17ClO3. The Morgan fingerprint density at radius 1 is 1.62 bits per heavy atom.